The highest BCUT2D eigenvalue weighted by Gasteiger charge is 2.43. The molecule has 0 unspecified atom stereocenters. The molecule has 0 spiro atoms. The highest BCUT2D eigenvalue weighted by Crippen LogP contribution is 2.37. The Morgan fingerprint density at radius 2 is 1.86 bits per heavy atom. The highest BCUT2D eigenvalue weighted by molar-refractivity contribution is 6.06. The van der Waals surface area contributed by atoms with Gasteiger partial charge in [0.15, 0.2) is 5.84 Å². The van der Waals surface area contributed by atoms with E-state index in [0.29, 0.717) is 19.4 Å². The van der Waals surface area contributed by atoms with Crippen molar-refractivity contribution in [3.63, 3.8) is 0 Å². The third-order valence-corrected chi connectivity index (χ3v) is 5.29. The quantitative estimate of drug-likeness (QED) is 0.231. The summed E-state index contributed by atoms with van der Waals surface area (Å²) in [6, 6.07) is 0. The predicted molar refractivity (Wildman–Crippen MR) is 83.1 cm³/mol. The van der Waals surface area contributed by atoms with Gasteiger partial charge in [0.2, 0.25) is 5.91 Å². The SMILES string of the molecule is NC(=NO)C1(C(=O)NCCCC2CCCC2)CCCCC1. The van der Waals surface area contributed by atoms with Gasteiger partial charge in [-0.1, -0.05) is 50.1 Å². The first-order valence-corrected chi connectivity index (χ1v) is 8.45. The van der Waals surface area contributed by atoms with Crippen molar-refractivity contribution in [1.29, 1.82) is 0 Å². The van der Waals surface area contributed by atoms with Gasteiger partial charge in [-0.05, 0) is 31.6 Å². The maximum absolute atomic E-state index is 12.5. The first kappa shape index (κ1) is 16.1. The smallest absolute Gasteiger partial charge is 0.233 e. The van der Waals surface area contributed by atoms with Crippen molar-refractivity contribution in [2.75, 3.05) is 6.54 Å². The molecule has 2 fully saturated rings. The second kappa shape index (κ2) is 7.66. The predicted octanol–water partition coefficient (Wildman–Crippen LogP) is 2.77. The van der Waals surface area contributed by atoms with Gasteiger partial charge in [0, 0.05) is 6.54 Å². The lowest BCUT2D eigenvalue weighted by Crippen LogP contribution is -2.51. The molecule has 5 heteroatoms. The monoisotopic (exact) mass is 295 g/mol. The number of nitrogens with one attached hydrogen (secondary N) is 1. The van der Waals surface area contributed by atoms with Crippen LogP contribution in [0, 0.1) is 11.3 Å². The number of carbonyl (C=O) groups excluding carboxylic acids is 1. The summed E-state index contributed by atoms with van der Waals surface area (Å²) in [4.78, 5) is 12.5. The van der Waals surface area contributed by atoms with Crippen LogP contribution in [0.4, 0.5) is 0 Å². The number of hydrogen-bond donors (Lipinski definition) is 3. The number of hydrogen-bond acceptors (Lipinski definition) is 3. The van der Waals surface area contributed by atoms with Gasteiger partial charge in [0.25, 0.3) is 0 Å². The van der Waals surface area contributed by atoms with Gasteiger partial charge in [0.1, 0.15) is 5.41 Å². The van der Waals surface area contributed by atoms with Crippen molar-refractivity contribution in [2.24, 2.45) is 22.2 Å². The van der Waals surface area contributed by atoms with E-state index in [1.54, 1.807) is 0 Å². The zero-order valence-corrected chi connectivity index (χ0v) is 12.9. The van der Waals surface area contributed by atoms with E-state index in [4.69, 9.17) is 10.9 Å². The minimum absolute atomic E-state index is 0.0519. The number of nitrogens with two attached hydrogens (primary N) is 1. The van der Waals surface area contributed by atoms with Crippen LogP contribution < -0.4 is 11.1 Å². The molecule has 2 saturated carbocycles. The van der Waals surface area contributed by atoms with E-state index in [2.05, 4.69) is 10.5 Å². The average Bonchev–Trinajstić information content (AvgIpc) is 3.04. The van der Waals surface area contributed by atoms with Gasteiger partial charge in [0.05, 0.1) is 0 Å². The Bertz CT molecular complexity index is 370. The molecule has 0 aromatic carbocycles. The molecule has 0 atom stereocenters. The molecular formula is C16H29N3O2. The van der Waals surface area contributed by atoms with Gasteiger partial charge in [-0.3, -0.25) is 4.79 Å². The zero-order chi connectivity index (χ0) is 15.1. The molecule has 0 aliphatic heterocycles. The molecule has 0 heterocycles. The van der Waals surface area contributed by atoms with Crippen molar-refractivity contribution in [1.82, 2.24) is 5.32 Å². The Hall–Kier alpha value is -1.26. The maximum Gasteiger partial charge on any atom is 0.233 e. The minimum atomic E-state index is -0.777. The maximum atomic E-state index is 12.5. The number of nitrogens with zero attached hydrogens (tertiary/aromatic N) is 1. The topological polar surface area (TPSA) is 87.7 Å². The number of rotatable bonds is 6. The van der Waals surface area contributed by atoms with E-state index in [9.17, 15) is 4.79 Å². The Balaban J connectivity index is 1.81. The molecule has 0 radical (unpaired) electrons. The van der Waals surface area contributed by atoms with E-state index in [1.165, 1.54) is 32.1 Å². The number of amides is 1. The molecule has 0 bridgehead atoms. The third-order valence-electron chi connectivity index (χ3n) is 5.29. The highest BCUT2D eigenvalue weighted by atomic mass is 16.4. The number of oxime groups is 1. The molecule has 2 aliphatic rings. The van der Waals surface area contributed by atoms with Crippen molar-refractivity contribution < 1.29 is 10.0 Å². The van der Waals surface area contributed by atoms with E-state index in [1.807, 2.05) is 0 Å². The van der Waals surface area contributed by atoms with Crippen molar-refractivity contribution in [3.05, 3.63) is 0 Å². The lowest BCUT2D eigenvalue weighted by molar-refractivity contribution is -0.129. The van der Waals surface area contributed by atoms with E-state index in [-0.39, 0.29) is 11.7 Å². The standard InChI is InChI=1S/C16H29N3O2/c17-14(19-21)16(10-4-1-5-11-16)15(20)18-12-6-9-13-7-2-3-8-13/h13,21H,1-12H2,(H2,17,19)(H,18,20). The van der Waals surface area contributed by atoms with Gasteiger partial charge in [-0.25, -0.2) is 0 Å². The fraction of sp³-hybridized carbons (Fsp3) is 0.875. The van der Waals surface area contributed by atoms with Crippen molar-refractivity contribution >= 4 is 11.7 Å². The molecule has 2 rings (SSSR count). The first-order valence-electron chi connectivity index (χ1n) is 8.45. The first-order chi connectivity index (χ1) is 10.2. The molecule has 1 amide bonds. The van der Waals surface area contributed by atoms with Gasteiger partial charge in [-0.2, -0.15) is 0 Å². The Kier molecular flexibility index (Phi) is 5.88. The van der Waals surface area contributed by atoms with Crippen LogP contribution in [0.5, 0.6) is 0 Å². The van der Waals surface area contributed by atoms with Crippen molar-refractivity contribution in [3.8, 4) is 0 Å². The molecule has 0 saturated heterocycles. The zero-order valence-electron chi connectivity index (χ0n) is 12.9. The lowest BCUT2D eigenvalue weighted by Gasteiger charge is -2.34. The van der Waals surface area contributed by atoms with Crippen LogP contribution in [-0.4, -0.2) is 23.5 Å². The number of amidine groups is 1. The van der Waals surface area contributed by atoms with E-state index >= 15 is 0 Å². The summed E-state index contributed by atoms with van der Waals surface area (Å²) in [5.74, 6) is 0.883. The van der Waals surface area contributed by atoms with Gasteiger partial charge >= 0.3 is 0 Å². The summed E-state index contributed by atoms with van der Waals surface area (Å²) in [5.41, 5.74) is 5.05. The average molecular weight is 295 g/mol. The van der Waals surface area contributed by atoms with Crippen LogP contribution in [0.3, 0.4) is 0 Å². The third kappa shape index (κ3) is 3.89. The second-order valence-corrected chi connectivity index (χ2v) is 6.68. The molecule has 0 aromatic heterocycles. The van der Waals surface area contributed by atoms with E-state index in [0.717, 1.165) is 31.6 Å². The molecule has 5 nitrogen and oxygen atoms in total. The van der Waals surface area contributed by atoms with Gasteiger partial charge in [-0.15, -0.1) is 0 Å². The Morgan fingerprint density at radius 1 is 1.19 bits per heavy atom. The van der Waals surface area contributed by atoms with E-state index < -0.39 is 5.41 Å². The fourth-order valence-corrected chi connectivity index (χ4v) is 3.91. The summed E-state index contributed by atoms with van der Waals surface area (Å²) in [5, 5.41) is 15.2. The van der Waals surface area contributed by atoms with Crippen LogP contribution in [0.25, 0.3) is 0 Å². The Morgan fingerprint density at radius 3 is 2.48 bits per heavy atom. The van der Waals surface area contributed by atoms with Crippen LogP contribution in [-0.2, 0) is 4.79 Å². The molecule has 0 aromatic rings. The molecule has 21 heavy (non-hydrogen) atoms. The summed E-state index contributed by atoms with van der Waals surface area (Å²) >= 11 is 0. The molecular weight excluding hydrogens is 266 g/mol. The minimum Gasteiger partial charge on any atom is -0.409 e. The fourth-order valence-electron chi connectivity index (χ4n) is 3.91. The summed E-state index contributed by atoms with van der Waals surface area (Å²) in [6.45, 7) is 0.704. The van der Waals surface area contributed by atoms with Gasteiger partial charge < -0.3 is 16.3 Å². The largest absolute Gasteiger partial charge is 0.409 e. The molecule has 120 valence electrons. The lowest BCUT2D eigenvalue weighted by atomic mass is 9.72. The summed E-state index contributed by atoms with van der Waals surface area (Å²) < 4.78 is 0. The Labute approximate surface area is 127 Å². The van der Waals surface area contributed by atoms with Crippen molar-refractivity contribution in [2.45, 2.75) is 70.6 Å². The summed E-state index contributed by atoms with van der Waals surface area (Å²) in [6.07, 6.45) is 12.1. The van der Waals surface area contributed by atoms with Crippen LogP contribution in [0.15, 0.2) is 5.16 Å². The normalized spacial score (nSPS) is 23.1. The molecule has 4 N–H and O–H groups in total. The number of carbonyl (C=O) groups is 1. The summed E-state index contributed by atoms with van der Waals surface area (Å²) in [7, 11) is 0. The second-order valence-electron chi connectivity index (χ2n) is 6.68. The molecule has 2 aliphatic carbocycles. The van der Waals surface area contributed by atoms with Crippen LogP contribution >= 0.6 is 0 Å². The van der Waals surface area contributed by atoms with Crippen LogP contribution in [0.1, 0.15) is 70.6 Å². The van der Waals surface area contributed by atoms with Crippen LogP contribution in [0.2, 0.25) is 0 Å².